The van der Waals surface area contributed by atoms with E-state index in [0.29, 0.717) is 0 Å². The Hall–Kier alpha value is -2.21. The molecule has 1 aromatic rings. The van der Waals surface area contributed by atoms with Crippen LogP contribution in [-0.2, 0) is 14.4 Å². The second kappa shape index (κ2) is 6.41. The van der Waals surface area contributed by atoms with E-state index in [9.17, 15) is 14.4 Å². The van der Waals surface area contributed by atoms with Crippen molar-refractivity contribution in [2.24, 2.45) is 17.3 Å². The van der Waals surface area contributed by atoms with Gasteiger partial charge in [0.2, 0.25) is 11.8 Å². The summed E-state index contributed by atoms with van der Waals surface area (Å²) in [6, 6.07) is 4.90. The van der Waals surface area contributed by atoms with Gasteiger partial charge in [-0.3, -0.25) is 19.3 Å². The van der Waals surface area contributed by atoms with E-state index >= 15 is 0 Å². The third-order valence-electron chi connectivity index (χ3n) is 5.88. The normalized spacial score (nSPS) is 28.3. The van der Waals surface area contributed by atoms with Crippen molar-refractivity contribution in [3.63, 3.8) is 0 Å². The predicted octanol–water partition coefficient (Wildman–Crippen LogP) is 3.44. The monoisotopic (exact) mass is 442 g/mol. The van der Waals surface area contributed by atoms with Gasteiger partial charge in [0.15, 0.2) is 5.78 Å². The van der Waals surface area contributed by atoms with Gasteiger partial charge in [-0.2, -0.15) is 0 Å². The van der Waals surface area contributed by atoms with E-state index in [4.69, 9.17) is 0 Å². The van der Waals surface area contributed by atoms with Crippen LogP contribution >= 0.6 is 15.9 Å². The highest BCUT2D eigenvalue weighted by molar-refractivity contribution is 9.10. The van der Waals surface area contributed by atoms with Gasteiger partial charge in [0.1, 0.15) is 6.04 Å². The Balaban J connectivity index is 1.88. The zero-order valence-corrected chi connectivity index (χ0v) is 17.8. The maximum absolute atomic E-state index is 13.5. The Morgan fingerprint density at radius 1 is 1.21 bits per heavy atom. The number of ketones is 1. The molecule has 2 saturated heterocycles. The number of amides is 2. The van der Waals surface area contributed by atoms with Gasteiger partial charge in [-0.15, -0.1) is 6.58 Å². The van der Waals surface area contributed by atoms with Crippen molar-refractivity contribution in [3.05, 3.63) is 47.0 Å². The fourth-order valence-corrected chi connectivity index (χ4v) is 5.04. The highest BCUT2D eigenvalue weighted by Crippen LogP contribution is 2.50. The Morgan fingerprint density at radius 3 is 2.54 bits per heavy atom. The van der Waals surface area contributed by atoms with E-state index in [0.717, 1.165) is 15.7 Å². The number of anilines is 1. The standard InChI is InChI=1S/C22H23BrN2O3/c1-5-10-24-20(27)16-15-8-6-12-11-13(23)7-9-14(12)25(15)18(17(16)21(24)28)19(26)22(2,3)4/h5-9,11,15-18H,1,10H2,2-4H3/t15-,16+,17+,18-/m0/s1. The summed E-state index contributed by atoms with van der Waals surface area (Å²) in [6.07, 6.45) is 5.50. The van der Waals surface area contributed by atoms with E-state index in [2.05, 4.69) is 22.5 Å². The second-order valence-electron chi connectivity index (χ2n) is 8.65. The molecule has 0 spiro atoms. The van der Waals surface area contributed by atoms with E-state index in [1.54, 1.807) is 6.08 Å². The molecule has 3 heterocycles. The largest absolute Gasteiger partial charge is 0.353 e. The summed E-state index contributed by atoms with van der Waals surface area (Å²) in [5.41, 5.74) is 1.24. The van der Waals surface area contributed by atoms with Gasteiger partial charge in [0, 0.05) is 22.1 Å². The summed E-state index contributed by atoms with van der Waals surface area (Å²) >= 11 is 3.49. The zero-order chi connectivity index (χ0) is 20.4. The van der Waals surface area contributed by atoms with Crippen LogP contribution in [0.2, 0.25) is 0 Å². The maximum Gasteiger partial charge on any atom is 0.236 e. The first-order valence-electron chi connectivity index (χ1n) is 9.43. The number of rotatable bonds is 3. The molecule has 146 valence electrons. The van der Waals surface area contributed by atoms with Crippen LogP contribution in [0.5, 0.6) is 0 Å². The number of hydrogen-bond acceptors (Lipinski definition) is 4. The van der Waals surface area contributed by atoms with Gasteiger partial charge in [-0.1, -0.05) is 54.9 Å². The van der Waals surface area contributed by atoms with Crippen LogP contribution < -0.4 is 4.90 Å². The van der Waals surface area contributed by atoms with Crippen LogP contribution in [0.15, 0.2) is 41.4 Å². The molecule has 3 aliphatic heterocycles. The lowest BCUT2D eigenvalue weighted by atomic mass is 9.79. The van der Waals surface area contributed by atoms with Crippen molar-refractivity contribution < 1.29 is 14.4 Å². The Bertz CT molecular complexity index is 930. The van der Waals surface area contributed by atoms with Crippen molar-refractivity contribution in [1.82, 2.24) is 4.90 Å². The van der Waals surface area contributed by atoms with Crippen molar-refractivity contribution in [3.8, 4) is 0 Å². The predicted molar refractivity (Wildman–Crippen MR) is 112 cm³/mol. The first kappa shape index (κ1) is 19.1. The molecule has 0 N–H and O–H groups in total. The Kier molecular flexibility index (Phi) is 4.38. The van der Waals surface area contributed by atoms with E-state index in [-0.39, 0.29) is 30.2 Å². The number of nitrogens with zero attached hydrogens (tertiary/aromatic N) is 2. The number of carbonyl (C=O) groups excluding carboxylic acids is 3. The summed E-state index contributed by atoms with van der Waals surface area (Å²) in [7, 11) is 0. The Labute approximate surface area is 173 Å². The molecule has 6 heteroatoms. The molecule has 3 aliphatic rings. The third kappa shape index (κ3) is 2.61. The summed E-state index contributed by atoms with van der Waals surface area (Å²) in [5, 5.41) is 0. The minimum Gasteiger partial charge on any atom is -0.353 e. The molecule has 0 saturated carbocycles. The number of carbonyl (C=O) groups is 3. The average Bonchev–Trinajstić information content (AvgIpc) is 3.09. The fraction of sp³-hybridized carbons (Fsp3) is 0.409. The highest BCUT2D eigenvalue weighted by atomic mass is 79.9. The van der Waals surface area contributed by atoms with Crippen molar-refractivity contribution in [2.75, 3.05) is 11.4 Å². The number of Topliss-reactive ketones (excluding diaryl/α,β-unsaturated/α-hetero) is 1. The lowest BCUT2D eigenvalue weighted by molar-refractivity contribution is -0.141. The molecule has 2 amide bonds. The number of fused-ring (bicyclic) bond motifs is 5. The van der Waals surface area contributed by atoms with Crippen LogP contribution in [0.3, 0.4) is 0 Å². The molecular formula is C22H23BrN2O3. The van der Waals surface area contributed by atoms with Crippen molar-refractivity contribution in [1.29, 1.82) is 0 Å². The smallest absolute Gasteiger partial charge is 0.236 e. The van der Waals surface area contributed by atoms with Crippen LogP contribution in [0.25, 0.3) is 6.08 Å². The molecule has 0 bridgehead atoms. The van der Waals surface area contributed by atoms with Gasteiger partial charge in [0.05, 0.1) is 17.9 Å². The molecule has 0 radical (unpaired) electrons. The SMILES string of the molecule is C=CCN1C(=O)[C@@H]2[C@H](C1=O)[C@@H]1C=Cc3cc(Br)ccc3N1[C@@H]2C(=O)C(C)(C)C. The molecule has 1 aromatic carbocycles. The summed E-state index contributed by atoms with van der Waals surface area (Å²) in [5.74, 6) is -1.70. The summed E-state index contributed by atoms with van der Waals surface area (Å²) < 4.78 is 0.941. The lowest BCUT2D eigenvalue weighted by Crippen LogP contribution is -2.51. The molecule has 2 fully saturated rings. The third-order valence-corrected chi connectivity index (χ3v) is 6.37. The summed E-state index contributed by atoms with van der Waals surface area (Å²) in [6.45, 7) is 9.43. The lowest BCUT2D eigenvalue weighted by Gasteiger charge is -2.38. The van der Waals surface area contributed by atoms with Crippen LogP contribution in [0.4, 0.5) is 5.69 Å². The molecule has 5 nitrogen and oxygen atoms in total. The first-order chi connectivity index (χ1) is 13.2. The van der Waals surface area contributed by atoms with Gasteiger partial charge in [0.25, 0.3) is 0 Å². The van der Waals surface area contributed by atoms with Gasteiger partial charge < -0.3 is 4.90 Å². The quantitative estimate of drug-likeness (QED) is 0.531. The number of imide groups is 1. The van der Waals surface area contributed by atoms with Crippen LogP contribution in [0.1, 0.15) is 26.3 Å². The minimum atomic E-state index is -0.663. The number of likely N-dealkylation sites (tertiary alicyclic amines) is 1. The van der Waals surface area contributed by atoms with E-state index in [1.165, 1.54) is 4.90 Å². The number of hydrogen-bond donors (Lipinski definition) is 0. The molecule has 4 rings (SSSR count). The molecule has 0 aromatic heterocycles. The van der Waals surface area contributed by atoms with Crippen LogP contribution in [-0.4, -0.2) is 41.1 Å². The maximum atomic E-state index is 13.5. The topological polar surface area (TPSA) is 57.7 Å². The Morgan fingerprint density at radius 2 is 1.89 bits per heavy atom. The summed E-state index contributed by atoms with van der Waals surface area (Å²) in [4.78, 5) is 43.0. The zero-order valence-electron chi connectivity index (χ0n) is 16.2. The minimum absolute atomic E-state index is 0.0178. The molecule has 4 atom stereocenters. The second-order valence-corrected chi connectivity index (χ2v) is 9.56. The van der Waals surface area contributed by atoms with Gasteiger partial charge >= 0.3 is 0 Å². The highest BCUT2D eigenvalue weighted by Gasteiger charge is 2.64. The molecular weight excluding hydrogens is 420 g/mol. The van der Waals surface area contributed by atoms with Crippen molar-refractivity contribution in [2.45, 2.75) is 32.9 Å². The van der Waals surface area contributed by atoms with Crippen LogP contribution in [0, 0.1) is 17.3 Å². The van der Waals surface area contributed by atoms with Crippen molar-refractivity contribution >= 4 is 45.3 Å². The van der Waals surface area contributed by atoms with E-state index < -0.39 is 23.3 Å². The van der Waals surface area contributed by atoms with E-state index in [1.807, 2.05) is 56.0 Å². The molecule has 0 aliphatic carbocycles. The van der Waals surface area contributed by atoms with Gasteiger partial charge in [-0.05, 0) is 23.8 Å². The number of benzene rings is 1. The molecule has 0 unspecified atom stereocenters. The fourth-order valence-electron chi connectivity index (χ4n) is 4.66. The first-order valence-corrected chi connectivity index (χ1v) is 10.2. The average molecular weight is 443 g/mol. The van der Waals surface area contributed by atoms with Gasteiger partial charge in [-0.25, -0.2) is 0 Å². The number of halogens is 1. The molecule has 28 heavy (non-hydrogen) atoms.